The van der Waals surface area contributed by atoms with Gasteiger partial charge in [-0.1, -0.05) is 46.9 Å². The van der Waals surface area contributed by atoms with E-state index in [2.05, 4.69) is 4.98 Å². The molecule has 0 amide bonds. The zero-order valence-electron chi connectivity index (χ0n) is 14.1. The molecule has 0 bridgehead atoms. The van der Waals surface area contributed by atoms with Gasteiger partial charge in [0, 0.05) is 27.7 Å². The molecule has 0 saturated carbocycles. The van der Waals surface area contributed by atoms with Crippen molar-refractivity contribution >= 4 is 40.8 Å². The molecule has 0 aliphatic rings. The second kappa shape index (κ2) is 7.70. The minimum Gasteiger partial charge on any atom is -0.463 e. The largest absolute Gasteiger partial charge is 0.463 e. The molecule has 0 N–H and O–H groups in total. The van der Waals surface area contributed by atoms with Crippen LogP contribution < -0.4 is 0 Å². The van der Waals surface area contributed by atoms with Crippen molar-refractivity contribution in [1.82, 2.24) is 9.55 Å². The molecule has 4 nitrogen and oxygen atoms in total. The number of hydrogen-bond donors (Lipinski definition) is 0. The van der Waals surface area contributed by atoms with Crippen LogP contribution in [0, 0.1) is 0 Å². The molecule has 7 heteroatoms. The number of methoxy groups -OCH3 is 1. The first-order valence-corrected chi connectivity index (χ1v) is 8.99. The van der Waals surface area contributed by atoms with Crippen LogP contribution in [0.4, 0.5) is 0 Å². The third kappa shape index (κ3) is 3.45. The van der Waals surface area contributed by atoms with E-state index in [0.717, 1.165) is 16.8 Å². The summed E-state index contributed by atoms with van der Waals surface area (Å²) >= 11 is 18.5. The summed E-state index contributed by atoms with van der Waals surface area (Å²) in [6, 6.07) is 12.5. The van der Waals surface area contributed by atoms with Crippen molar-refractivity contribution in [2.75, 3.05) is 7.11 Å². The molecule has 26 heavy (non-hydrogen) atoms. The molecular weight excluding hydrogens is 395 g/mol. The predicted octanol–water partition coefficient (Wildman–Crippen LogP) is 5.98. The fourth-order valence-electron chi connectivity index (χ4n) is 2.77. The third-order valence-electron chi connectivity index (χ3n) is 3.96. The van der Waals surface area contributed by atoms with Crippen LogP contribution in [-0.4, -0.2) is 22.6 Å². The van der Waals surface area contributed by atoms with Gasteiger partial charge in [0.05, 0.1) is 23.5 Å². The zero-order chi connectivity index (χ0) is 18.8. The number of aromatic nitrogens is 2. The van der Waals surface area contributed by atoms with Crippen molar-refractivity contribution in [2.45, 2.75) is 13.5 Å². The van der Waals surface area contributed by atoms with Crippen LogP contribution in [0.15, 0.2) is 42.5 Å². The number of rotatable bonds is 4. The van der Waals surface area contributed by atoms with Gasteiger partial charge in [0.2, 0.25) is 5.82 Å². The molecule has 0 saturated heterocycles. The Hall–Kier alpha value is -2.01. The van der Waals surface area contributed by atoms with Gasteiger partial charge in [0.15, 0.2) is 0 Å². The summed E-state index contributed by atoms with van der Waals surface area (Å²) in [5.74, 6) is -0.306. The van der Waals surface area contributed by atoms with E-state index in [0.29, 0.717) is 27.3 Å². The average molecular weight is 410 g/mol. The van der Waals surface area contributed by atoms with Gasteiger partial charge in [-0.25, -0.2) is 9.78 Å². The Bertz CT molecular complexity index is 966. The number of hydrogen-bond acceptors (Lipinski definition) is 3. The molecule has 1 heterocycles. The van der Waals surface area contributed by atoms with E-state index in [4.69, 9.17) is 39.5 Å². The van der Waals surface area contributed by atoms with Gasteiger partial charge in [-0.05, 0) is 37.3 Å². The van der Waals surface area contributed by atoms with Gasteiger partial charge in [0.25, 0.3) is 0 Å². The summed E-state index contributed by atoms with van der Waals surface area (Å²) in [5.41, 5.74) is 2.88. The Morgan fingerprint density at radius 1 is 1.08 bits per heavy atom. The number of benzene rings is 2. The van der Waals surface area contributed by atoms with Gasteiger partial charge >= 0.3 is 5.97 Å². The van der Waals surface area contributed by atoms with Crippen molar-refractivity contribution < 1.29 is 9.53 Å². The summed E-state index contributed by atoms with van der Waals surface area (Å²) in [5, 5.41) is 1.62. The first-order valence-electron chi connectivity index (χ1n) is 7.86. The first-order chi connectivity index (χ1) is 12.5. The van der Waals surface area contributed by atoms with Crippen molar-refractivity contribution in [3.8, 4) is 22.5 Å². The summed E-state index contributed by atoms with van der Waals surface area (Å²) in [7, 11) is 1.33. The maximum atomic E-state index is 12.2. The SMILES string of the molecule is CCn1c(C(=O)OC)nc(-c2ccc(Cl)cc2)c1-c1ccc(Cl)cc1Cl. The van der Waals surface area contributed by atoms with E-state index in [1.165, 1.54) is 7.11 Å². The van der Waals surface area contributed by atoms with Gasteiger partial charge in [-0.15, -0.1) is 0 Å². The molecule has 134 valence electrons. The summed E-state index contributed by atoms with van der Waals surface area (Å²) in [6.45, 7) is 2.44. The number of esters is 1. The highest BCUT2D eigenvalue weighted by molar-refractivity contribution is 6.36. The molecule has 0 aliphatic heterocycles. The van der Waals surface area contributed by atoms with Crippen molar-refractivity contribution in [3.63, 3.8) is 0 Å². The molecule has 2 aromatic carbocycles. The fraction of sp³-hybridized carbons (Fsp3) is 0.158. The minimum atomic E-state index is -0.515. The van der Waals surface area contributed by atoms with Gasteiger partial charge in [0.1, 0.15) is 0 Å². The third-order valence-corrected chi connectivity index (χ3v) is 4.76. The number of ether oxygens (including phenoxy) is 1. The molecule has 1 aromatic heterocycles. The van der Waals surface area contributed by atoms with Crippen LogP contribution in [0.25, 0.3) is 22.5 Å². The van der Waals surface area contributed by atoms with Gasteiger partial charge in [-0.3, -0.25) is 0 Å². The van der Waals surface area contributed by atoms with Gasteiger partial charge < -0.3 is 9.30 Å². The first kappa shape index (κ1) is 18.8. The van der Waals surface area contributed by atoms with Gasteiger partial charge in [-0.2, -0.15) is 0 Å². The highest BCUT2D eigenvalue weighted by Crippen LogP contribution is 2.38. The van der Waals surface area contributed by atoms with Crippen LogP contribution in [0.2, 0.25) is 15.1 Å². The molecule has 0 spiro atoms. The predicted molar refractivity (Wildman–Crippen MR) is 105 cm³/mol. The molecule has 0 unspecified atom stereocenters. The lowest BCUT2D eigenvalue weighted by Gasteiger charge is -2.12. The van der Waals surface area contributed by atoms with E-state index in [9.17, 15) is 4.79 Å². The van der Waals surface area contributed by atoms with Crippen molar-refractivity contribution in [1.29, 1.82) is 0 Å². The fourth-order valence-corrected chi connectivity index (χ4v) is 3.40. The van der Waals surface area contributed by atoms with Crippen LogP contribution in [0.1, 0.15) is 17.5 Å². The second-order valence-electron chi connectivity index (χ2n) is 5.50. The zero-order valence-corrected chi connectivity index (χ0v) is 16.4. The Labute approximate surface area is 166 Å². The highest BCUT2D eigenvalue weighted by atomic mass is 35.5. The maximum Gasteiger partial charge on any atom is 0.374 e. The maximum absolute atomic E-state index is 12.2. The van der Waals surface area contributed by atoms with E-state index >= 15 is 0 Å². The Morgan fingerprint density at radius 3 is 2.31 bits per heavy atom. The lowest BCUT2D eigenvalue weighted by molar-refractivity contribution is 0.0581. The smallest absolute Gasteiger partial charge is 0.374 e. The van der Waals surface area contributed by atoms with E-state index in [1.807, 2.05) is 25.1 Å². The molecule has 0 aliphatic carbocycles. The number of halogens is 3. The molecule has 0 fully saturated rings. The molecule has 0 radical (unpaired) electrons. The normalized spacial score (nSPS) is 10.8. The lowest BCUT2D eigenvalue weighted by atomic mass is 10.0. The van der Waals surface area contributed by atoms with Crippen LogP contribution in [-0.2, 0) is 11.3 Å². The summed E-state index contributed by atoms with van der Waals surface area (Å²) in [6.07, 6.45) is 0. The van der Waals surface area contributed by atoms with E-state index in [-0.39, 0.29) is 5.82 Å². The average Bonchev–Trinajstić information content (AvgIpc) is 3.01. The lowest BCUT2D eigenvalue weighted by Crippen LogP contribution is -2.11. The number of nitrogens with zero attached hydrogens (tertiary/aromatic N) is 2. The summed E-state index contributed by atoms with van der Waals surface area (Å²) < 4.78 is 6.67. The molecule has 3 rings (SSSR count). The van der Waals surface area contributed by atoms with Crippen LogP contribution in [0.5, 0.6) is 0 Å². The van der Waals surface area contributed by atoms with Crippen molar-refractivity contribution in [3.05, 3.63) is 63.4 Å². The Morgan fingerprint density at radius 2 is 1.73 bits per heavy atom. The Balaban J connectivity index is 2.33. The second-order valence-corrected chi connectivity index (χ2v) is 6.78. The molecule has 0 atom stereocenters. The van der Waals surface area contributed by atoms with E-state index < -0.39 is 5.97 Å². The van der Waals surface area contributed by atoms with E-state index in [1.54, 1.807) is 28.8 Å². The monoisotopic (exact) mass is 408 g/mol. The van der Waals surface area contributed by atoms with Crippen molar-refractivity contribution in [2.24, 2.45) is 0 Å². The quantitative estimate of drug-likeness (QED) is 0.498. The standard InChI is InChI=1S/C19H15Cl3N2O2/c1-3-24-17(14-9-8-13(21)10-15(14)22)16(23-18(24)19(25)26-2)11-4-6-12(20)7-5-11/h4-10H,3H2,1-2H3. The summed E-state index contributed by atoms with van der Waals surface area (Å²) in [4.78, 5) is 16.8. The Kier molecular flexibility index (Phi) is 5.56. The molecule has 3 aromatic rings. The number of carbonyl (C=O) groups excluding carboxylic acids is 1. The molecular formula is C19H15Cl3N2O2. The number of imidazole rings is 1. The van der Waals surface area contributed by atoms with Crippen LogP contribution in [0.3, 0.4) is 0 Å². The van der Waals surface area contributed by atoms with Crippen LogP contribution >= 0.6 is 34.8 Å². The number of carbonyl (C=O) groups is 1. The highest BCUT2D eigenvalue weighted by Gasteiger charge is 2.25. The minimum absolute atomic E-state index is 0.209. The topological polar surface area (TPSA) is 44.1 Å².